The van der Waals surface area contributed by atoms with E-state index in [4.69, 9.17) is 9.15 Å². The third-order valence-corrected chi connectivity index (χ3v) is 5.46. The fourth-order valence-electron chi connectivity index (χ4n) is 3.76. The summed E-state index contributed by atoms with van der Waals surface area (Å²) in [5, 5.41) is 13.2. The third kappa shape index (κ3) is 3.56. The number of piperazine rings is 1. The van der Waals surface area contributed by atoms with E-state index < -0.39 is 11.7 Å². The van der Waals surface area contributed by atoms with Crippen molar-refractivity contribution < 1.29 is 23.0 Å². The Balaban J connectivity index is 1.81. The van der Waals surface area contributed by atoms with Gasteiger partial charge in [-0.2, -0.15) is 13.8 Å². The van der Waals surface area contributed by atoms with Gasteiger partial charge in [0.05, 0.1) is 5.70 Å². The number of halogens is 2. The molecule has 3 aliphatic heterocycles. The number of oxazole rings is 1. The van der Waals surface area contributed by atoms with Crippen molar-refractivity contribution >= 4 is 29.0 Å². The number of aliphatic hydroxyl groups is 1. The van der Waals surface area contributed by atoms with Crippen LogP contribution in [0.4, 0.5) is 14.8 Å². The molecular weight excluding hydrogens is 394 g/mol. The number of alkyl halides is 2. The highest BCUT2D eigenvalue weighted by molar-refractivity contribution is 5.93. The summed E-state index contributed by atoms with van der Waals surface area (Å²) < 4.78 is 39.9. The zero-order valence-corrected chi connectivity index (χ0v) is 17.4. The van der Waals surface area contributed by atoms with E-state index >= 15 is 0 Å². The van der Waals surface area contributed by atoms with Crippen LogP contribution >= 0.6 is 0 Å². The number of piperidine rings is 1. The zero-order valence-electron chi connectivity index (χ0n) is 17.4. The first-order valence-electron chi connectivity index (χ1n) is 10.0. The number of rotatable bonds is 6. The average Bonchev–Trinajstić information content (AvgIpc) is 3.11. The quantitative estimate of drug-likeness (QED) is 0.696. The molecule has 0 spiro atoms. The Morgan fingerprint density at radius 2 is 2.00 bits per heavy atom. The first kappa shape index (κ1) is 20.7. The van der Waals surface area contributed by atoms with Gasteiger partial charge in [-0.3, -0.25) is 4.99 Å². The summed E-state index contributed by atoms with van der Waals surface area (Å²) in [5.41, 5.74) is -0.618. The number of aliphatic imine (C=N–C) groups is 1. The molecule has 3 aliphatic rings. The van der Waals surface area contributed by atoms with Gasteiger partial charge in [0.1, 0.15) is 0 Å². The van der Waals surface area contributed by atoms with Crippen molar-refractivity contribution in [2.24, 2.45) is 4.99 Å². The first-order chi connectivity index (χ1) is 14.1. The Bertz CT molecular complexity index is 994. The largest absolute Gasteiger partial charge is 0.428 e. The molecule has 0 radical (unpaired) electrons. The predicted molar refractivity (Wildman–Crippen MR) is 111 cm³/mol. The fourth-order valence-corrected chi connectivity index (χ4v) is 3.76. The predicted octanol–water partition coefficient (Wildman–Crippen LogP) is 3.57. The average molecular weight is 420 g/mol. The van der Waals surface area contributed by atoms with Crippen LogP contribution in [0.2, 0.25) is 0 Å². The minimum atomic E-state index is -3.82. The van der Waals surface area contributed by atoms with E-state index in [9.17, 15) is 13.9 Å². The lowest BCUT2D eigenvalue weighted by Gasteiger charge is -2.47. The Hall–Kier alpha value is -2.52. The van der Waals surface area contributed by atoms with Gasteiger partial charge in [-0.05, 0) is 46.2 Å². The monoisotopic (exact) mass is 420 g/mol. The van der Waals surface area contributed by atoms with E-state index in [-0.39, 0.29) is 11.3 Å². The highest BCUT2D eigenvalue weighted by Crippen LogP contribution is 2.40. The van der Waals surface area contributed by atoms with Gasteiger partial charge in [0.25, 0.3) is 6.01 Å². The van der Waals surface area contributed by atoms with Crippen molar-refractivity contribution in [1.29, 1.82) is 0 Å². The highest BCUT2D eigenvalue weighted by Gasteiger charge is 2.49. The molecule has 0 amide bonds. The summed E-state index contributed by atoms with van der Waals surface area (Å²) in [6.45, 7) is 7.08. The molecule has 7 nitrogen and oxygen atoms in total. The lowest BCUT2D eigenvalue weighted by atomic mass is 9.92. The maximum absolute atomic E-state index is 14.4. The van der Waals surface area contributed by atoms with Gasteiger partial charge in [0.2, 0.25) is 0 Å². The maximum atomic E-state index is 14.4. The lowest BCUT2D eigenvalue weighted by Crippen LogP contribution is -2.67. The molecular formula is C21H26F2N4O3. The topological polar surface area (TPSA) is 83.1 Å². The smallest absolute Gasteiger partial charge is 0.426 e. The minimum Gasteiger partial charge on any atom is -0.428 e. The number of fused-ring (bicyclic) bond motifs is 3. The standard InChI is InChI=1S/C21H26F2N4O3/c1-5-15(24-6-2)14-7-8-16(30-21(22,23)20(3,4)28)17-18(14)29-19(26-17)27-10-12-9-13(11-27)25-12/h5-8,12-13,25,28H,9-11H2,1-4H3/b15-5-,24-6-. The number of anilines is 1. The van der Waals surface area contributed by atoms with Crippen LogP contribution in [0.15, 0.2) is 27.6 Å². The van der Waals surface area contributed by atoms with E-state index in [2.05, 4.69) is 15.3 Å². The third-order valence-electron chi connectivity index (χ3n) is 5.46. The molecule has 3 saturated heterocycles. The van der Waals surface area contributed by atoms with Crippen LogP contribution in [-0.2, 0) is 0 Å². The Labute approximate surface area is 173 Å². The SMILES string of the molecule is C/C=N\C(=C/C)c1ccc(OC(F)(F)C(C)(C)O)c2nc(N3CC4CC(C3)N4)oc12. The van der Waals surface area contributed by atoms with Gasteiger partial charge < -0.3 is 24.5 Å². The Morgan fingerprint density at radius 3 is 2.57 bits per heavy atom. The highest BCUT2D eigenvalue weighted by atomic mass is 19.3. The second-order valence-electron chi connectivity index (χ2n) is 8.23. The maximum Gasteiger partial charge on any atom is 0.426 e. The second kappa shape index (κ2) is 7.31. The normalized spacial score (nSPS) is 22.6. The van der Waals surface area contributed by atoms with Gasteiger partial charge in [0, 0.05) is 37.0 Å². The van der Waals surface area contributed by atoms with E-state index in [1.54, 1.807) is 19.2 Å². The number of benzene rings is 1. The van der Waals surface area contributed by atoms with Crippen LogP contribution in [-0.4, -0.2) is 53.2 Å². The van der Waals surface area contributed by atoms with Crippen LogP contribution in [0.1, 0.15) is 39.7 Å². The number of nitrogens with one attached hydrogen (secondary N) is 1. The van der Waals surface area contributed by atoms with Gasteiger partial charge >= 0.3 is 6.11 Å². The molecule has 2 atom stereocenters. The van der Waals surface area contributed by atoms with E-state index in [0.717, 1.165) is 33.4 Å². The molecule has 9 heteroatoms. The van der Waals surface area contributed by atoms with Crippen LogP contribution in [0.3, 0.4) is 0 Å². The molecule has 2 unspecified atom stereocenters. The van der Waals surface area contributed by atoms with Crippen LogP contribution < -0.4 is 15.0 Å². The van der Waals surface area contributed by atoms with Crippen molar-refractivity contribution in [3.8, 4) is 5.75 Å². The number of ether oxygens (including phenoxy) is 1. The number of aromatic nitrogens is 1. The molecule has 1 aromatic heterocycles. The van der Waals surface area contributed by atoms with E-state index in [1.807, 2.05) is 17.9 Å². The Morgan fingerprint density at radius 1 is 1.33 bits per heavy atom. The molecule has 1 aromatic carbocycles. The first-order valence-corrected chi connectivity index (χ1v) is 10.0. The molecule has 3 fully saturated rings. The van der Waals surface area contributed by atoms with Crippen molar-refractivity contribution in [2.45, 2.75) is 57.9 Å². The lowest BCUT2D eigenvalue weighted by molar-refractivity contribution is -0.275. The zero-order chi connectivity index (χ0) is 21.7. The molecule has 5 rings (SSSR count). The van der Waals surface area contributed by atoms with E-state index in [1.165, 1.54) is 6.07 Å². The minimum absolute atomic E-state index is 0.160. The summed E-state index contributed by atoms with van der Waals surface area (Å²) in [5.74, 6) is -0.160. The second-order valence-corrected chi connectivity index (χ2v) is 8.23. The molecule has 0 saturated carbocycles. The van der Waals surface area contributed by atoms with Crippen LogP contribution in [0, 0.1) is 0 Å². The molecule has 30 heavy (non-hydrogen) atoms. The molecule has 4 heterocycles. The number of hydrogen-bond donors (Lipinski definition) is 2. The molecule has 2 bridgehead atoms. The fraction of sp³-hybridized carbons (Fsp3) is 0.524. The molecule has 0 aliphatic carbocycles. The van der Waals surface area contributed by atoms with Gasteiger partial charge in [-0.25, -0.2) is 0 Å². The number of hydrogen-bond acceptors (Lipinski definition) is 7. The summed E-state index contributed by atoms with van der Waals surface area (Å²) in [4.78, 5) is 10.9. The van der Waals surface area contributed by atoms with Crippen LogP contribution in [0.5, 0.6) is 5.75 Å². The van der Waals surface area contributed by atoms with Crippen molar-refractivity contribution in [3.05, 3.63) is 23.8 Å². The van der Waals surface area contributed by atoms with Gasteiger partial charge in [-0.1, -0.05) is 6.08 Å². The van der Waals surface area contributed by atoms with Gasteiger partial charge in [0.15, 0.2) is 22.5 Å². The summed E-state index contributed by atoms with van der Waals surface area (Å²) >= 11 is 0. The van der Waals surface area contributed by atoms with E-state index in [0.29, 0.717) is 34.9 Å². The Kier molecular flexibility index (Phi) is 5.06. The number of nitrogens with zero attached hydrogens (tertiary/aromatic N) is 3. The summed E-state index contributed by atoms with van der Waals surface area (Å²) in [6, 6.07) is 4.15. The van der Waals surface area contributed by atoms with Crippen molar-refractivity contribution in [1.82, 2.24) is 10.3 Å². The molecule has 162 valence electrons. The van der Waals surface area contributed by atoms with Gasteiger partial charge in [-0.15, -0.1) is 0 Å². The molecule has 2 aromatic rings. The van der Waals surface area contributed by atoms with Crippen LogP contribution in [0.25, 0.3) is 16.8 Å². The summed E-state index contributed by atoms with van der Waals surface area (Å²) in [6.07, 6.45) is 0.752. The van der Waals surface area contributed by atoms with Crippen molar-refractivity contribution in [2.75, 3.05) is 18.0 Å². The van der Waals surface area contributed by atoms with Crippen molar-refractivity contribution in [3.63, 3.8) is 0 Å². The molecule has 2 N–H and O–H groups in total. The number of allylic oxidation sites excluding steroid dienone is 1. The summed E-state index contributed by atoms with van der Waals surface area (Å²) in [7, 11) is 0.